The molecule has 0 fully saturated rings. The number of benzene rings is 1. The number of nitrogens with zero attached hydrogens (tertiary/aromatic N) is 2. The fourth-order valence-corrected chi connectivity index (χ4v) is 1.36. The minimum atomic E-state index is 0.269. The first-order valence-corrected chi connectivity index (χ1v) is 5.11. The third kappa shape index (κ3) is 2.68. The highest BCUT2D eigenvalue weighted by atomic mass is 35.5. The average molecular weight is 236 g/mol. The highest BCUT2D eigenvalue weighted by molar-refractivity contribution is 6.30. The summed E-state index contributed by atoms with van der Waals surface area (Å²) < 4.78 is 5.44. The summed E-state index contributed by atoms with van der Waals surface area (Å²) >= 11 is 5.83. The van der Waals surface area contributed by atoms with Gasteiger partial charge in [0, 0.05) is 17.8 Å². The van der Waals surface area contributed by atoms with Crippen LogP contribution in [0, 0.1) is 0 Å². The maximum absolute atomic E-state index is 5.83. The molecule has 5 heteroatoms. The lowest BCUT2D eigenvalue weighted by atomic mass is 10.3. The smallest absolute Gasteiger partial charge is 0.322 e. The molecule has 2 rings (SSSR count). The maximum Gasteiger partial charge on any atom is 0.322 e. The molecule has 1 aromatic heterocycles. The van der Waals surface area contributed by atoms with E-state index in [2.05, 4.69) is 9.97 Å². The molecule has 0 unspecified atom stereocenters. The summed E-state index contributed by atoms with van der Waals surface area (Å²) in [6, 6.07) is 9.05. The van der Waals surface area contributed by atoms with Crippen molar-refractivity contribution in [1.82, 2.24) is 9.97 Å². The molecule has 0 saturated heterocycles. The largest absolute Gasteiger partial charge is 0.424 e. The summed E-state index contributed by atoms with van der Waals surface area (Å²) in [4.78, 5) is 8.10. The Kier molecular flexibility index (Phi) is 3.34. The third-order valence-corrected chi connectivity index (χ3v) is 2.14. The van der Waals surface area contributed by atoms with Gasteiger partial charge in [-0.1, -0.05) is 17.7 Å². The van der Waals surface area contributed by atoms with Crippen LogP contribution in [0.1, 0.15) is 5.69 Å². The van der Waals surface area contributed by atoms with E-state index in [9.17, 15) is 0 Å². The molecule has 1 aromatic carbocycles. The van der Waals surface area contributed by atoms with Crippen molar-refractivity contribution in [3.8, 4) is 11.8 Å². The molecule has 2 aromatic rings. The normalized spacial score (nSPS) is 10.1. The summed E-state index contributed by atoms with van der Waals surface area (Å²) in [6.45, 7) is 0.356. The van der Waals surface area contributed by atoms with Gasteiger partial charge >= 0.3 is 6.01 Å². The van der Waals surface area contributed by atoms with Gasteiger partial charge in [0.05, 0.1) is 5.69 Å². The number of ether oxygens (including phenoxy) is 1. The molecule has 0 spiro atoms. The number of hydrogen-bond acceptors (Lipinski definition) is 4. The van der Waals surface area contributed by atoms with Crippen molar-refractivity contribution in [2.45, 2.75) is 6.54 Å². The Morgan fingerprint density at radius 2 is 2.19 bits per heavy atom. The van der Waals surface area contributed by atoms with Crippen LogP contribution in [0.25, 0.3) is 0 Å². The fourth-order valence-electron chi connectivity index (χ4n) is 1.17. The Morgan fingerprint density at radius 1 is 1.31 bits per heavy atom. The molecule has 0 amide bonds. The summed E-state index contributed by atoms with van der Waals surface area (Å²) in [5.41, 5.74) is 6.20. The molecule has 0 saturated carbocycles. The van der Waals surface area contributed by atoms with Crippen molar-refractivity contribution < 1.29 is 4.74 Å². The van der Waals surface area contributed by atoms with Gasteiger partial charge in [0.15, 0.2) is 0 Å². The summed E-state index contributed by atoms with van der Waals surface area (Å²) in [5, 5.41) is 0.604. The number of aromatic nitrogens is 2. The number of rotatable bonds is 3. The second-order valence-corrected chi connectivity index (χ2v) is 3.53. The van der Waals surface area contributed by atoms with Crippen molar-refractivity contribution in [3.63, 3.8) is 0 Å². The molecule has 0 aliphatic rings. The zero-order valence-electron chi connectivity index (χ0n) is 8.43. The van der Waals surface area contributed by atoms with Gasteiger partial charge in [-0.05, 0) is 24.3 Å². The van der Waals surface area contributed by atoms with Crippen molar-refractivity contribution in [2.75, 3.05) is 0 Å². The summed E-state index contributed by atoms with van der Waals surface area (Å²) in [5.74, 6) is 0.599. The molecule has 16 heavy (non-hydrogen) atoms. The van der Waals surface area contributed by atoms with Crippen LogP contribution in [0.2, 0.25) is 5.02 Å². The van der Waals surface area contributed by atoms with Gasteiger partial charge < -0.3 is 10.5 Å². The van der Waals surface area contributed by atoms with Crippen LogP contribution in [-0.2, 0) is 6.54 Å². The number of nitrogens with two attached hydrogens (primary N) is 1. The van der Waals surface area contributed by atoms with E-state index in [0.717, 1.165) is 5.69 Å². The van der Waals surface area contributed by atoms with Gasteiger partial charge in [-0.3, -0.25) is 0 Å². The average Bonchev–Trinajstić information content (AvgIpc) is 2.29. The predicted octanol–water partition coefficient (Wildman–Crippen LogP) is 2.38. The van der Waals surface area contributed by atoms with Gasteiger partial charge in [0.1, 0.15) is 5.75 Å². The second-order valence-electron chi connectivity index (χ2n) is 3.09. The van der Waals surface area contributed by atoms with E-state index in [1.165, 1.54) is 0 Å². The molecule has 0 aliphatic heterocycles. The first-order chi connectivity index (χ1) is 7.78. The van der Waals surface area contributed by atoms with Crippen molar-refractivity contribution >= 4 is 11.6 Å². The van der Waals surface area contributed by atoms with Crippen LogP contribution in [0.4, 0.5) is 0 Å². The maximum atomic E-state index is 5.83. The zero-order valence-corrected chi connectivity index (χ0v) is 9.19. The standard InChI is InChI=1S/C11H10ClN3O/c12-8-2-1-3-10(6-8)16-11-14-5-4-9(7-13)15-11/h1-6H,7,13H2. The van der Waals surface area contributed by atoms with Gasteiger partial charge in [-0.25, -0.2) is 4.98 Å². The van der Waals surface area contributed by atoms with Gasteiger partial charge in [-0.15, -0.1) is 0 Å². The minimum Gasteiger partial charge on any atom is -0.424 e. The van der Waals surface area contributed by atoms with E-state index < -0.39 is 0 Å². The van der Waals surface area contributed by atoms with E-state index >= 15 is 0 Å². The fraction of sp³-hybridized carbons (Fsp3) is 0.0909. The van der Waals surface area contributed by atoms with Crippen molar-refractivity contribution in [3.05, 3.63) is 47.2 Å². The predicted molar refractivity (Wildman–Crippen MR) is 61.4 cm³/mol. The lowest BCUT2D eigenvalue weighted by Gasteiger charge is -2.04. The topological polar surface area (TPSA) is 61.0 Å². The first kappa shape index (κ1) is 10.9. The van der Waals surface area contributed by atoms with Crippen LogP contribution < -0.4 is 10.5 Å². The Labute approximate surface area is 98.0 Å². The third-order valence-electron chi connectivity index (χ3n) is 1.91. The van der Waals surface area contributed by atoms with E-state index in [0.29, 0.717) is 17.3 Å². The van der Waals surface area contributed by atoms with Crippen LogP contribution in [0.3, 0.4) is 0 Å². The molecule has 4 nitrogen and oxygen atoms in total. The molecule has 2 N–H and O–H groups in total. The first-order valence-electron chi connectivity index (χ1n) is 4.73. The lowest BCUT2D eigenvalue weighted by Crippen LogP contribution is -2.01. The number of halogens is 1. The molecular weight excluding hydrogens is 226 g/mol. The SMILES string of the molecule is NCc1ccnc(Oc2cccc(Cl)c2)n1. The molecule has 0 aliphatic carbocycles. The van der Waals surface area contributed by atoms with Crippen LogP contribution >= 0.6 is 11.6 Å². The molecular formula is C11H10ClN3O. The molecule has 0 radical (unpaired) electrons. The Balaban J connectivity index is 2.20. The second kappa shape index (κ2) is 4.92. The Bertz CT molecular complexity index is 490. The van der Waals surface area contributed by atoms with Gasteiger partial charge in [0.25, 0.3) is 0 Å². The monoisotopic (exact) mass is 235 g/mol. The summed E-state index contributed by atoms with van der Waals surface area (Å²) in [6.07, 6.45) is 1.61. The van der Waals surface area contributed by atoms with Crippen LogP contribution in [0.5, 0.6) is 11.8 Å². The zero-order chi connectivity index (χ0) is 11.4. The van der Waals surface area contributed by atoms with E-state index in [4.69, 9.17) is 22.1 Å². The lowest BCUT2D eigenvalue weighted by molar-refractivity contribution is 0.439. The van der Waals surface area contributed by atoms with E-state index in [1.54, 1.807) is 36.5 Å². The highest BCUT2D eigenvalue weighted by Gasteiger charge is 2.01. The summed E-state index contributed by atoms with van der Waals surface area (Å²) in [7, 11) is 0. The van der Waals surface area contributed by atoms with E-state index in [-0.39, 0.29) is 6.01 Å². The van der Waals surface area contributed by atoms with E-state index in [1.807, 2.05) is 0 Å². The molecule has 1 heterocycles. The minimum absolute atomic E-state index is 0.269. The quantitative estimate of drug-likeness (QED) is 0.887. The Morgan fingerprint density at radius 3 is 2.94 bits per heavy atom. The molecule has 82 valence electrons. The van der Waals surface area contributed by atoms with Crippen molar-refractivity contribution in [1.29, 1.82) is 0 Å². The molecule has 0 atom stereocenters. The van der Waals surface area contributed by atoms with Crippen LogP contribution in [-0.4, -0.2) is 9.97 Å². The van der Waals surface area contributed by atoms with Gasteiger partial charge in [0.2, 0.25) is 0 Å². The van der Waals surface area contributed by atoms with Gasteiger partial charge in [-0.2, -0.15) is 4.98 Å². The molecule has 0 bridgehead atoms. The highest BCUT2D eigenvalue weighted by Crippen LogP contribution is 2.21. The van der Waals surface area contributed by atoms with Crippen LogP contribution in [0.15, 0.2) is 36.5 Å². The Hall–Kier alpha value is -1.65. The number of hydrogen-bond donors (Lipinski definition) is 1. The van der Waals surface area contributed by atoms with Crippen molar-refractivity contribution in [2.24, 2.45) is 5.73 Å².